The minimum absolute atomic E-state index is 0.365. The molecule has 1 aliphatic carbocycles. The largest absolute Gasteiger partial charge is 0.311 e. The van der Waals surface area contributed by atoms with Crippen LogP contribution in [-0.2, 0) is 0 Å². The Kier molecular flexibility index (Phi) is 3.87. The molecule has 2 rings (SSSR count). The Labute approximate surface area is 105 Å². The van der Waals surface area contributed by atoms with Crippen molar-refractivity contribution in [1.29, 1.82) is 0 Å². The zero-order chi connectivity index (χ0) is 12.3. The highest BCUT2D eigenvalue weighted by Gasteiger charge is 2.39. The molecule has 0 aromatic carbocycles. The maximum absolute atomic E-state index is 4.44. The summed E-state index contributed by atoms with van der Waals surface area (Å²) < 4.78 is 2.15. The number of nitrogens with one attached hydrogen (secondary N) is 1. The summed E-state index contributed by atoms with van der Waals surface area (Å²) in [6.07, 6.45) is 9.05. The molecule has 0 amide bonds. The van der Waals surface area contributed by atoms with E-state index in [2.05, 4.69) is 42.1 Å². The molecule has 17 heavy (non-hydrogen) atoms. The summed E-state index contributed by atoms with van der Waals surface area (Å²) >= 11 is 0. The highest BCUT2D eigenvalue weighted by molar-refractivity contribution is 4.97. The lowest BCUT2D eigenvalue weighted by molar-refractivity contribution is 0.106. The van der Waals surface area contributed by atoms with Crippen LogP contribution in [0.2, 0.25) is 0 Å². The van der Waals surface area contributed by atoms with E-state index in [4.69, 9.17) is 0 Å². The Morgan fingerprint density at radius 1 is 1.47 bits per heavy atom. The smallest absolute Gasteiger partial charge is 0.0677 e. The molecule has 3 nitrogen and oxygen atoms in total. The van der Waals surface area contributed by atoms with Crippen LogP contribution in [0.15, 0.2) is 18.5 Å². The van der Waals surface area contributed by atoms with Gasteiger partial charge in [-0.2, -0.15) is 5.10 Å². The van der Waals surface area contributed by atoms with Gasteiger partial charge in [-0.25, -0.2) is 0 Å². The first-order chi connectivity index (χ1) is 8.15. The molecule has 0 bridgehead atoms. The van der Waals surface area contributed by atoms with Crippen molar-refractivity contribution in [1.82, 2.24) is 15.1 Å². The van der Waals surface area contributed by atoms with Crippen LogP contribution in [0.4, 0.5) is 0 Å². The first-order valence-corrected chi connectivity index (χ1v) is 6.87. The van der Waals surface area contributed by atoms with E-state index >= 15 is 0 Å². The molecule has 1 aromatic heterocycles. The standard InChI is InChI=1S/C14H25N3/c1-4-9-15-13-12(17-11-6-10-16-17)7-5-8-14(13,2)3/h6,10-13,15H,4-5,7-9H2,1-3H3. The molecule has 0 radical (unpaired) electrons. The Bertz CT molecular complexity index is 329. The average Bonchev–Trinajstić information content (AvgIpc) is 2.79. The van der Waals surface area contributed by atoms with Gasteiger partial charge in [0.1, 0.15) is 0 Å². The zero-order valence-corrected chi connectivity index (χ0v) is 11.3. The first-order valence-electron chi connectivity index (χ1n) is 6.87. The molecule has 96 valence electrons. The summed E-state index contributed by atoms with van der Waals surface area (Å²) in [5.74, 6) is 0. The van der Waals surface area contributed by atoms with Crippen LogP contribution in [0.1, 0.15) is 52.5 Å². The van der Waals surface area contributed by atoms with Gasteiger partial charge in [0.25, 0.3) is 0 Å². The minimum atomic E-state index is 0.365. The van der Waals surface area contributed by atoms with Crippen molar-refractivity contribution >= 4 is 0 Å². The van der Waals surface area contributed by atoms with E-state index in [0.717, 1.165) is 6.54 Å². The quantitative estimate of drug-likeness (QED) is 0.869. The Morgan fingerprint density at radius 2 is 2.29 bits per heavy atom. The fourth-order valence-electron chi connectivity index (χ4n) is 3.08. The third-order valence-corrected chi connectivity index (χ3v) is 4.03. The van der Waals surface area contributed by atoms with E-state index in [-0.39, 0.29) is 0 Å². The fourth-order valence-corrected chi connectivity index (χ4v) is 3.08. The monoisotopic (exact) mass is 235 g/mol. The molecule has 1 fully saturated rings. The van der Waals surface area contributed by atoms with E-state index in [9.17, 15) is 0 Å². The normalized spacial score (nSPS) is 28.2. The van der Waals surface area contributed by atoms with E-state index in [1.807, 2.05) is 12.3 Å². The molecule has 1 aliphatic rings. The van der Waals surface area contributed by atoms with Crippen molar-refractivity contribution in [2.75, 3.05) is 6.54 Å². The van der Waals surface area contributed by atoms with Gasteiger partial charge < -0.3 is 5.32 Å². The van der Waals surface area contributed by atoms with E-state index in [1.54, 1.807) is 0 Å². The summed E-state index contributed by atoms with van der Waals surface area (Å²) in [6.45, 7) is 8.10. The average molecular weight is 235 g/mol. The third kappa shape index (κ3) is 2.71. The number of rotatable bonds is 4. The van der Waals surface area contributed by atoms with E-state index in [1.165, 1.54) is 25.7 Å². The highest BCUT2D eigenvalue weighted by Crippen LogP contribution is 2.40. The number of hydrogen-bond acceptors (Lipinski definition) is 2. The van der Waals surface area contributed by atoms with Crippen LogP contribution < -0.4 is 5.32 Å². The van der Waals surface area contributed by atoms with E-state index in [0.29, 0.717) is 17.5 Å². The van der Waals surface area contributed by atoms with Crippen molar-refractivity contribution < 1.29 is 0 Å². The molecule has 0 spiro atoms. The maximum Gasteiger partial charge on any atom is 0.0677 e. The SMILES string of the molecule is CCCNC1C(n2cccn2)CCCC1(C)C. The van der Waals surface area contributed by atoms with Gasteiger partial charge >= 0.3 is 0 Å². The van der Waals surface area contributed by atoms with Crippen molar-refractivity contribution in [3.8, 4) is 0 Å². The molecule has 0 aliphatic heterocycles. The van der Waals surface area contributed by atoms with Crippen molar-refractivity contribution in [2.45, 2.75) is 58.5 Å². The number of aromatic nitrogens is 2. The lowest BCUT2D eigenvalue weighted by atomic mass is 9.70. The Balaban J connectivity index is 2.16. The third-order valence-electron chi connectivity index (χ3n) is 4.03. The van der Waals surface area contributed by atoms with Crippen LogP contribution in [-0.4, -0.2) is 22.4 Å². The highest BCUT2D eigenvalue weighted by atomic mass is 15.3. The lowest BCUT2D eigenvalue weighted by Crippen LogP contribution is -2.50. The molecule has 2 unspecified atom stereocenters. The number of nitrogens with zero attached hydrogens (tertiary/aromatic N) is 2. The molecule has 1 heterocycles. The van der Waals surface area contributed by atoms with Crippen molar-refractivity contribution in [3.05, 3.63) is 18.5 Å². The van der Waals surface area contributed by atoms with Gasteiger partial charge in [-0.05, 0) is 37.3 Å². The predicted molar refractivity (Wildman–Crippen MR) is 71.0 cm³/mol. The molecule has 1 N–H and O–H groups in total. The summed E-state index contributed by atoms with van der Waals surface area (Å²) in [4.78, 5) is 0. The zero-order valence-electron chi connectivity index (χ0n) is 11.3. The molecule has 1 saturated carbocycles. The molecule has 2 atom stereocenters. The van der Waals surface area contributed by atoms with Crippen molar-refractivity contribution in [2.24, 2.45) is 5.41 Å². The van der Waals surface area contributed by atoms with Crippen LogP contribution >= 0.6 is 0 Å². The molecule has 0 saturated heterocycles. The van der Waals surface area contributed by atoms with Gasteiger partial charge in [0, 0.05) is 18.4 Å². The molecule has 1 aromatic rings. The van der Waals surface area contributed by atoms with Crippen molar-refractivity contribution in [3.63, 3.8) is 0 Å². The van der Waals surface area contributed by atoms with Crippen LogP contribution in [0, 0.1) is 5.41 Å². The van der Waals surface area contributed by atoms with Gasteiger partial charge in [-0.1, -0.05) is 27.2 Å². The van der Waals surface area contributed by atoms with Gasteiger partial charge in [-0.3, -0.25) is 4.68 Å². The van der Waals surface area contributed by atoms with Gasteiger partial charge in [0.15, 0.2) is 0 Å². The van der Waals surface area contributed by atoms with Gasteiger partial charge in [0.05, 0.1) is 6.04 Å². The van der Waals surface area contributed by atoms with Crippen LogP contribution in [0.5, 0.6) is 0 Å². The fraction of sp³-hybridized carbons (Fsp3) is 0.786. The first kappa shape index (κ1) is 12.6. The summed E-state index contributed by atoms with van der Waals surface area (Å²) in [5, 5.41) is 8.18. The molecular formula is C14H25N3. The van der Waals surface area contributed by atoms with Gasteiger partial charge in [-0.15, -0.1) is 0 Å². The second kappa shape index (κ2) is 5.21. The second-order valence-corrected chi connectivity index (χ2v) is 5.87. The number of hydrogen-bond donors (Lipinski definition) is 1. The topological polar surface area (TPSA) is 29.9 Å². The van der Waals surface area contributed by atoms with E-state index < -0.39 is 0 Å². The van der Waals surface area contributed by atoms with Crippen LogP contribution in [0.3, 0.4) is 0 Å². The molecule has 3 heteroatoms. The molecular weight excluding hydrogens is 210 g/mol. The minimum Gasteiger partial charge on any atom is -0.311 e. The summed E-state index contributed by atoms with van der Waals surface area (Å²) in [7, 11) is 0. The summed E-state index contributed by atoms with van der Waals surface area (Å²) in [5.41, 5.74) is 0.365. The maximum atomic E-state index is 4.44. The summed E-state index contributed by atoms with van der Waals surface area (Å²) in [6, 6.07) is 3.08. The lowest BCUT2D eigenvalue weighted by Gasteiger charge is -2.44. The van der Waals surface area contributed by atoms with Gasteiger partial charge in [0.2, 0.25) is 0 Å². The second-order valence-electron chi connectivity index (χ2n) is 5.87. The Morgan fingerprint density at radius 3 is 2.94 bits per heavy atom. The van der Waals surface area contributed by atoms with Crippen LogP contribution in [0.25, 0.3) is 0 Å². The predicted octanol–water partition coefficient (Wildman–Crippen LogP) is 3.00. The Hall–Kier alpha value is -0.830.